The molecule has 1 fully saturated rings. The zero-order chi connectivity index (χ0) is 9.68. The van der Waals surface area contributed by atoms with Crippen molar-refractivity contribution in [3.8, 4) is 0 Å². The van der Waals surface area contributed by atoms with Crippen molar-refractivity contribution in [3.05, 3.63) is 11.6 Å². The fraction of sp³-hybridized carbons (Fsp3) is 0.818. The lowest BCUT2D eigenvalue weighted by atomic mass is 10.1. The van der Waals surface area contributed by atoms with Crippen LogP contribution in [0.25, 0.3) is 0 Å². The predicted octanol–water partition coefficient (Wildman–Crippen LogP) is 1.49. The van der Waals surface area contributed by atoms with Gasteiger partial charge in [-0.1, -0.05) is 25.5 Å². The van der Waals surface area contributed by atoms with Crippen molar-refractivity contribution in [1.82, 2.24) is 10.2 Å². The molecule has 13 heavy (non-hydrogen) atoms. The van der Waals surface area contributed by atoms with Gasteiger partial charge in [0, 0.05) is 32.7 Å². The zero-order valence-electron chi connectivity index (χ0n) is 9.14. The first-order valence-electron chi connectivity index (χ1n) is 5.30. The lowest BCUT2D eigenvalue weighted by molar-refractivity contribution is 0.264. The van der Waals surface area contributed by atoms with Crippen LogP contribution in [0.2, 0.25) is 0 Å². The normalized spacial score (nSPS) is 21.1. The highest BCUT2D eigenvalue weighted by Gasteiger charge is 2.07. The molecule has 0 atom stereocenters. The molecule has 1 aliphatic rings. The van der Waals surface area contributed by atoms with Gasteiger partial charge in [0.25, 0.3) is 0 Å². The third-order valence-corrected chi connectivity index (χ3v) is 2.79. The van der Waals surface area contributed by atoms with E-state index in [-0.39, 0.29) is 0 Å². The summed E-state index contributed by atoms with van der Waals surface area (Å²) in [6.07, 6.45) is 2.37. The molecule has 2 nitrogen and oxygen atoms in total. The summed E-state index contributed by atoms with van der Waals surface area (Å²) >= 11 is 0. The first kappa shape index (κ1) is 10.7. The van der Waals surface area contributed by atoms with Gasteiger partial charge in [-0.25, -0.2) is 0 Å². The third kappa shape index (κ3) is 3.92. The molecule has 1 aliphatic heterocycles. The van der Waals surface area contributed by atoms with Crippen LogP contribution >= 0.6 is 0 Å². The van der Waals surface area contributed by atoms with E-state index in [0.717, 1.165) is 19.6 Å². The summed E-state index contributed by atoms with van der Waals surface area (Å²) in [4.78, 5) is 2.50. The fourth-order valence-corrected chi connectivity index (χ4v) is 1.40. The highest BCUT2D eigenvalue weighted by molar-refractivity contribution is 5.02. The van der Waals surface area contributed by atoms with Crippen molar-refractivity contribution in [3.63, 3.8) is 0 Å². The van der Waals surface area contributed by atoms with E-state index in [0.29, 0.717) is 5.92 Å². The molecule has 1 rings (SSSR count). The Morgan fingerprint density at radius 2 is 2.00 bits per heavy atom. The molecule has 0 aromatic carbocycles. The van der Waals surface area contributed by atoms with Crippen LogP contribution in [-0.2, 0) is 0 Å². The summed E-state index contributed by atoms with van der Waals surface area (Å²) in [5, 5.41) is 3.36. The molecular weight excluding hydrogens is 160 g/mol. The second kappa shape index (κ2) is 5.40. The van der Waals surface area contributed by atoms with Crippen LogP contribution < -0.4 is 5.32 Å². The van der Waals surface area contributed by atoms with E-state index in [1.54, 1.807) is 0 Å². The summed E-state index contributed by atoms with van der Waals surface area (Å²) in [5.41, 5.74) is 1.51. The largest absolute Gasteiger partial charge is 0.314 e. The Balaban J connectivity index is 2.27. The zero-order valence-corrected chi connectivity index (χ0v) is 9.14. The maximum absolute atomic E-state index is 3.36. The number of hydrogen-bond acceptors (Lipinski definition) is 2. The highest BCUT2D eigenvalue weighted by Crippen LogP contribution is 2.07. The van der Waals surface area contributed by atoms with Crippen LogP contribution in [0.3, 0.4) is 0 Å². The Morgan fingerprint density at radius 1 is 1.38 bits per heavy atom. The molecular formula is C11H22N2. The maximum Gasteiger partial charge on any atom is 0.0166 e. The van der Waals surface area contributed by atoms with E-state index in [9.17, 15) is 0 Å². The lowest BCUT2D eigenvalue weighted by Crippen LogP contribution is -2.43. The molecule has 0 aliphatic carbocycles. The first-order chi connectivity index (χ1) is 6.20. The second-order valence-corrected chi connectivity index (χ2v) is 4.15. The molecule has 0 spiro atoms. The van der Waals surface area contributed by atoms with Gasteiger partial charge < -0.3 is 5.32 Å². The van der Waals surface area contributed by atoms with Gasteiger partial charge in [0.1, 0.15) is 0 Å². The Morgan fingerprint density at radius 3 is 2.54 bits per heavy atom. The number of nitrogens with zero attached hydrogens (tertiary/aromatic N) is 1. The molecule has 2 heteroatoms. The quantitative estimate of drug-likeness (QED) is 0.665. The molecule has 0 aromatic rings. The Bertz CT molecular complexity index is 167. The number of nitrogens with one attached hydrogen (secondary N) is 1. The maximum atomic E-state index is 3.36. The van der Waals surface area contributed by atoms with Crippen molar-refractivity contribution in [1.29, 1.82) is 0 Å². The van der Waals surface area contributed by atoms with E-state index in [1.165, 1.54) is 18.7 Å². The van der Waals surface area contributed by atoms with Crippen molar-refractivity contribution < 1.29 is 0 Å². The smallest absolute Gasteiger partial charge is 0.0166 e. The molecule has 0 bridgehead atoms. The van der Waals surface area contributed by atoms with Crippen LogP contribution in [0, 0.1) is 5.92 Å². The van der Waals surface area contributed by atoms with Crippen LogP contribution in [0.4, 0.5) is 0 Å². The number of hydrogen-bond donors (Lipinski definition) is 1. The fourth-order valence-electron chi connectivity index (χ4n) is 1.40. The number of allylic oxidation sites excluding steroid dienone is 1. The molecule has 0 radical (unpaired) electrons. The molecule has 1 saturated heterocycles. The van der Waals surface area contributed by atoms with E-state index < -0.39 is 0 Å². The van der Waals surface area contributed by atoms with Gasteiger partial charge in [0.2, 0.25) is 0 Å². The van der Waals surface area contributed by atoms with Crippen LogP contribution in [-0.4, -0.2) is 37.6 Å². The standard InChI is InChI=1S/C11H22N2/c1-10(2)11(3)4-7-13-8-5-12-6-9-13/h4,10,12H,5-9H2,1-3H3/b11-4+. The molecule has 1 N–H and O–H groups in total. The van der Waals surface area contributed by atoms with Gasteiger partial charge in [-0.3, -0.25) is 4.90 Å². The summed E-state index contributed by atoms with van der Waals surface area (Å²) in [6, 6.07) is 0. The van der Waals surface area contributed by atoms with Crippen molar-refractivity contribution in [2.45, 2.75) is 20.8 Å². The minimum Gasteiger partial charge on any atom is -0.314 e. The molecule has 1 heterocycles. The van der Waals surface area contributed by atoms with Crippen molar-refractivity contribution >= 4 is 0 Å². The van der Waals surface area contributed by atoms with Gasteiger partial charge in [0.15, 0.2) is 0 Å². The van der Waals surface area contributed by atoms with Crippen LogP contribution in [0.1, 0.15) is 20.8 Å². The number of piperazine rings is 1. The summed E-state index contributed by atoms with van der Waals surface area (Å²) < 4.78 is 0. The van der Waals surface area contributed by atoms with Crippen molar-refractivity contribution in [2.24, 2.45) is 5.92 Å². The minimum atomic E-state index is 0.697. The number of rotatable bonds is 3. The SMILES string of the molecule is C/C(=C\CN1CCNCC1)C(C)C. The van der Waals surface area contributed by atoms with E-state index in [1.807, 2.05) is 0 Å². The topological polar surface area (TPSA) is 15.3 Å². The molecule has 76 valence electrons. The minimum absolute atomic E-state index is 0.697. The monoisotopic (exact) mass is 182 g/mol. The summed E-state index contributed by atoms with van der Waals surface area (Å²) in [6.45, 7) is 12.6. The first-order valence-corrected chi connectivity index (χ1v) is 5.30. The van der Waals surface area contributed by atoms with E-state index >= 15 is 0 Å². The predicted molar refractivity (Wildman–Crippen MR) is 57.9 cm³/mol. The molecule has 0 amide bonds. The van der Waals surface area contributed by atoms with Crippen LogP contribution in [0.15, 0.2) is 11.6 Å². The Kier molecular flexibility index (Phi) is 4.46. The van der Waals surface area contributed by atoms with E-state index in [4.69, 9.17) is 0 Å². The van der Waals surface area contributed by atoms with Gasteiger partial charge in [-0.2, -0.15) is 0 Å². The van der Waals surface area contributed by atoms with Gasteiger partial charge in [-0.05, 0) is 12.8 Å². The average Bonchev–Trinajstić information content (AvgIpc) is 2.15. The highest BCUT2D eigenvalue weighted by atomic mass is 15.2. The van der Waals surface area contributed by atoms with Crippen LogP contribution in [0.5, 0.6) is 0 Å². The van der Waals surface area contributed by atoms with Gasteiger partial charge in [-0.15, -0.1) is 0 Å². The third-order valence-electron chi connectivity index (χ3n) is 2.79. The summed E-state index contributed by atoms with van der Waals surface area (Å²) in [7, 11) is 0. The average molecular weight is 182 g/mol. The molecule has 0 unspecified atom stereocenters. The van der Waals surface area contributed by atoms with Gasteiger partial charge in [0.05, 0.1) is 0 Å². The Labute approximate surface area is 82.0 Å². The summed E-state index contributed by atoms with van der Waals surface area (Å²) in [5.74, 6) is 0.697. The van der Waals surface area contributed by atoms with E-state index in [2.05, 4.69) is 37.1 Å². The Hall–Kier alpha value is -0.340. The van der Waals surface area contributed by atoms with Crippen molar-refractivity contribution in [2.75, 3.05) is 32.7 Å². The second-order valence-electron chi connectivity index (χ2n) is 4.15. The molecule has 0 aromatic heterocycles. The van der Waals surface area contributed by atoms with Gasteiger partial charge >= 0.3 is 0 Å². The lowest BCUT2D eigenvalue weighted by Gasteiger charge is -2.26. The molecule has 0 saturated carbocycles.